The van der Waals surface area contributed by atoms with Gasteiger partial charge in [-0.2, -0.15) is 0 Å². The van der Waals surface area contributed by atoms with Crippen molar-refractivity contribution in [1.82, 2.24) is 9.38 Å². The minimum Gasteiger partial charge on any atom is -0.304 e. The van der Waals surface area contributed by atoms with Crippen LogP contribution in [0.3, 0.4) is 0 Å². The lowest BCUT2D eigenvalue weighted by Gasteiger charge is -1.97. The summed E-state index contributed by atoms with van der Waals surface area (Å²) < 4.78 is 2.20. The molecule has 0 aliphatic heterocycles. The van der Waals surface area contributed by atoms with E-state index in [0.717, 1.165) is 11.6 Å². The molecular formula is C12H14N2. The van der Waals surface area contributed by atoms with Gasteiger partial charge in [0.15, 0.2) is 0 Å². The fourth-order valence-corrected chi connectivity index (χ4v) is 2.03. The van der Waals surface area contributed by atoms with E-state index >= 15 is 0 Å². The van der Waals surface area contributed by atoms with Gasteiger partial charge in [-0.15, -0.1) is 0 Å². The van der Waals surface area contributed by atoms with Gasteiger partial charge in [0, 0.05) is 17.8 Å². The van der Waals surface area contributed by atoms with E-state index in [0.29, 0.717) is 0 Å². The maximum atomic E-state index is 4.70. The molecule has 0 unspecified atom stereocenters. The van der Waals surface area contributed by atoms with Crippen molar-refractivity contribution in [2.75, 3.05) is 0 Å². The highest BCUT2D eigenvalue weighted by Crippen LogP contribution is 2.41. The maximum absolute atomic E-state index is 4.70. The second-order valence-electron chi connectivity index (χ2n) is 4.29. The molecule has 2 nitrogen and oxygen atoms in total. The molecule has 2 aromatic heterocycles. The minimum absolute atomic E-state index is 0.746. The molecule has 1 saturated carbocycles. The number of hydrogen-bond donors (Lipinski definition) is 0. The van der Waals surface area contributed by atoms with E-state index in [2.05, 4.69) is 36.6 Å². The van der Waals surface area contributed by atoms with Crippen LogP contribution in [-0.2, 0) is 0 Å². The topological polar surface area (TPSA) is 17.3 Å². The SMILES string of the molecule is Cc1ccn2c(C)c(C3CC3)nc2c1. The highest BCUT2D eigenvalue weighted by Gasteiger charge is 2.28. The van der Waals surface area contributed by atoms with Crippen molar-refractivity contribution in [2.45, 2.75) is 32.6 Å². The quantitative estimate of drug-likeness (QED) is 0.669. The van der Waals surface area contributed by atoms with Crippen LogP contribution in [-0.4, -0.2) is 9.38 Å². The zero-order valence-corrected chi connectivity index (χ0v) is 8.62. The monoisotopic (exact) mass is 186 g/mol. The summed E-state index contributed by atoms with van der Waals surface area (Å²) in [5, 5.41) is 0. The Morgan fingerprint density at radius 2 is 2.14 bits per heavy atom. The second-order valence-corrected chi connectivity index (χ2v) is 4.29. The Bertz CT molecular complexity index is 492. The molecule has 2 heteroatoms. The van der Waals surface area contributed by atoms with Gasteiger partial charge in [-0.25, -0.2) is 4.98 Å². The molecule has 1 aliphatic rings. The summed E-state index contributed by atoms with van der Waals surface area (Å²) in [6, 6.07) is 4.29. The van der Waals surface area contributed by atoms with Crippen molar-refractivity contribution < 1.29 is 0 Å². The molecule has 1 fully saturated rings. The Labute approximate surface area is 83.6 Å². The van der Waals surface area contributed by atoms with Crippen molar-refractivity contribution in [2.24, 2.45) is 0 Å². The average Bonchev–Trinajstić information content (AvgIpc) is 2.93. The summed E-state index contributed by atoms with van der Waals surface area (Å²) in [4.78, 5) is 4.70. The molecule has 0 saturated heterocycles. The number of hydrogen-bond acceptors (Lipinski definition) is 1. The summed E-state index contributed by atoms with van der Waals surface area (Å²) in [6.07, 6.45) is 4.77. The van der Waals surface area contributed by atoms with Gasteiger partial charge >= 0.3 is 0 Å². The molecule has 0 atom stereocenters. The van der Waals surface area contributed by atoms with Crippen molar-refractivity contribution in [1.29, 1.82) is 0 Å². The van der Waals surface area contributed by atoms with Crippen LogP contribution in [0.15, 0.2) is 18.3 Å². The maximum Gasteiger partial charge on any atom is 0.137 e. The number of nitrogens with zero attached hydrogens (tertiary/aromatic N) is 2. The number of aryl methyl sites for hydroxylation is 2. The van der Waals surface area contributed by atoms with E-state index in [4.69, 9.17) is 4.98 Å². The van der Waals surface area contributed by atoms with Gasteiger partial charge in [-0.3, -0.25) is 0 Å². The number of fused-ring (bicyclic) bond motifs is 1. The standard InChI is InChI=1S/C12H14N2/c1-8-5-6-14-9(2)12(10-3-4-10)13-11(14)7-8/h5-7,10H,3-4H2,1-2H3. The molecule has 1 aliphatic carbocycles. The minimum atomic E-state index is 0.746. The van der Waals surface area contributed by atoms with Crippen molar-refractivity contribution in [3.8, 4) is 0 Å². The molecule has 14 heavy (non-hydrogen) atoms. The first-order valence-corrected chi connectivity index (χ1v) is 5.21. The first-order valence-electron chi connectivity index (χ1n) is 5.21. The zero-order chi connectivity index (χ0) is 9.71. The van der Waals surface area contributed by atoms with E-state index in [9.17, 15) is 0 Å². The molecule has 2 aromatic rings. The summed E-state index contributed by atoms with van der Waals surface area (Å²) in [6.45, 7) is 4.28. The van der Waals surface area contributed by atoms with Gasteiger partial charge in [-0.05, 0) is 44.4 Å². The summed E-state index contributed by atoms with van der Waals surface area (Å²) in [7, 11) is 0. The second kappa shape index (κ2) is 2.59. The van der Waals surface area contributed by atoms with Crippen LogP contribution >= 0.6 is 0 Å². The fourth-order valence-electron chi connectivity index (χ4n) is 2.03. The molecule has 0 aromatic carbocycles. The highest BCUT2D eigenvalue weighted by atomic mass is 15.0. The number of imidazole rings is 1. The lowest BCUT2D eigenvalue weighted by molar-refractivity contribution is 1.01. The number of aromatic nitrogens is 2. The first kappa shape index (κ1) is 8.04. The summed E-state index contributed by atoms with van der Waals surface area (Å²) in [5.74, 6) is 0.746. The lowest BCUT2D eigenvalue weighted by atomic mass is 10.2. The van der Waals surface area contributed by atoms with Crippen molar-refractivity contribution in [3.63, 3.8) is 0 Å². The van der Waals surface area contributed by atoms with Gasteiger partial charge in [0.05, 0.1) is 5.69 Å². The third kappa shape index (κ3) is 1.07. The normalized spacial score (nSPS) is 16.4. The van der Waals surface area contributed by atoms with Crippen molar-refractivity contribution in [3.05, 3.63) is 35.3 Å². The molecule has 2 heterocycles. The molecular weight excluding hydrogens is 172 g/mol. The predicted molar refractivity (Wildman–Crippen MR) is 56.6 cm³/mol. The predicted octanol–water partition coefficient (Wildman–Crippen LogP) is 2.83. The first-order chi connectivity index (χ1) is 6.75. The van der Waals surface area contributed by atoms with E-state index in [1.165, 1.54) is 29.8 Å². The van der Waals surface area contributed by atoms with Crippen LogP contribution in [0.4, 0.5) is 0 Å². The Kier molecular flexibility index (Phi) is 1.49. The van der Waals surface area contributed by atoms with Crippen LogP contribution in [0.5, 0.6) is 0 Å². The summed E-state index contributed by atoms with van der Waals surface area (Å²) in [5.41, 5.74) is 5.02. The van der Waals surface area contributed by atoms with Gasteiger partial charge in [0.1, 0.15) is 5.65 Å². The van der Waals surface area contributed by atoms with Gasteiger partial charge < -0.3 is 4.40 Å². The smallest absolute Gasteiger partial charge is 0.137 e. The van der Waals surface area contributed by atoms with Crippen molar-refractivity contribution >= 4 is 5.65 Å². The fraction of sp³-hybridized carbons (Fsp3) is 0.417. The molecule has 0 radical (unpaired) electrons. The molecule has 0 amide bonds. The Morgan fingerprint density at radius 1 is 1.36 bits per heavy atom. The third-order valence-corrected chi connectivity index (χ3v) is 3.02. The van der Waals surface area contributed by atoms with Crippen LogP contribution in [0.1, 0.15) is 35.7 Å². The van der Waals surface area contributed by atoms with E-state index in [-0.39, 0.29) is 0 Å². The third-order valence-electron chi connectivity index (χ3n) is 3.02. The van der Waals surface area contributed by atoms with Gasteiger partial charge in [0.25, 0.3) is 0 Å². The largest absolute Gasteiger partial charge is 0.304 e. The van der Waals surface area contributed by atoms with Crippen LogP contribution in [0.2, 0.25) is 0 Å². The lowest BCUT2D eigenvalue weighted by Crippen LogP contribution is -1.88. The van der Waals surface area contributed by atoms with E-state index < -0.39 is 0 Å². The zero-order valence-electron chi connectivity index (χ0n) is 8.62. The number of pyridine rings is 1. The number of rotatable bonds is 1. The van der Waals surface area contributed by atoms with Crippen LogP contribution in [0.25, 0.3) is 5.65 Å². The molecule has 0 bridgehead atoms. The highest BCUT2D eigenvalue weighted by molar-refractivity contribution is 5.46. The van der Waals surface area contributed by atoms with Gasteiger partial charge in [-0.1, -0.05) is 0 Å². The molecule has 3 rings (SSSR count). The molecule has 0 spiro atoms. The Morgan fingerprint density at radius 3 is 2.86 bits per heavy atom. The van der Waals surface area contributed by atoms with E-state index in [1.807, 2.05) is 0 Å². The Hall–Kier alpha value is -1.31. The molecule has 0 N–H and O–H groups in total. The van der Waals surface area contributed by atoms with Gasteiger partial charge in [0.2, 0.25) is 0 Å². The average molecular weight is 186 g/mol. The van der Waals surface area contributed by atoms with Crippen LogP contribution in [0, 0.1) is 13.8 Å². The van der Waals surface area contributed by atoms with E-state index in [1.54, 1.807) is 0 Å². The van der Waals surface area contributed by atoms with Crippen LogP contribution < -0.4 is 0 Å². The summed E-state index contributed by atoms with van der Waals surface area (Å²) >= 11 is 0. The molecule has 72 valence electrons. The Balaban J connectivity index is 2.28.